The summed E-state index contributed by atoms with van der Waals surface area (Å²) in [7, 11) is 0. The van der Waals surface area contributed by atoms with E-state index in [9.17, 15) is 4.79 Å². The number of nitrogens with one attached hydrogen (secondary N) is 1. The summed E-state index contributed by atoms with van der Waals surface area (Å²) in [4.78, 5) is 18.6. The van der Waals surface area contributed by atoms with Gasteiger partial charge < -0.3 is 9.73 Å². The standard InChI is InChI=1S/C19H17ClN4O2S/c1-11(2)24-18-14(10-22-24)13(8-15(23-18)16-4-3-7-26-16)19(25)21-9-12-5-6-17(20)27-12/h3-8,10-11H,9H2,1-2H3,(H,21,25). The number of rotatable bonds is 5. The second-order valence-corrected chi connectivity index (χ2v) is 8.14. The van der Waals surface area contributed by atoms with Crippen LogP contribution < -0.4 is 5.32 Å². The SMILES string of the molecule is CC(C)n1ncc2c(C(=O)NCc3ccc(Cl)s3)cc(-c3ccco3)nc21. The Morgan fingerprint density at radius 2 is 2.22 bits per heavy atom. The average Bonchev–Trinajstić information content (AvgIpc) is 3.38. The molecule has 0 atom stereocenters. The lowest BCUT2D eigenvalue weighted by Gasteiger charge is -2.10. The number of pyridine rings is 1. The number of fused-ring (bicyclic) bond motifs is 1. The smallest absolute Gasteiger partial charge is 0.252 e. The predicted molar refractivity (Wildman–Crippen MR) is 106 cm³/mol. The van der Waals surface area contributed by atoms with E-state index >= 15 is 0 Å². The third kappa shape index (κ3) is 3.48. The summed E-state index contributed by atoms with van der Waals surface area (Å²) in [5, 5.41) is 8.07. The van der Waals surface area contributed by atoms with Crippen LogP contribution in [0.1, 0.15) is 35.1 Å². The van der Waals surface area contributed by atoms with Gasteiger partial charge in [-0.1, -0.05) is 11.6 Å². The fourth-order valence-corrected chi connectivity index (χ4v) is 3.87. The first-order valence-corrected chi connectivity index (χ1v) is 9.67. The Balaban J connectivity index is 1.74. The van der Waals surface area contributed by atoms with Gasteiger partial charge in [0.1, 0.15) is 5.69 Å². The first-order chi connectivity index (χ1) is 13.0. The van der Waals surface area contributed by atoms with E-state index in [0.29, 0.717) is 38.9 Å². The molecule has 4 rings (SSSR count). The summed E-state index contributed by atoms with van der Waals surface area (Å²) < 4.78 is 7.98. The van der Waals surface area contributed by atoms with Crippen LogP contribution in [0.4, 0.5) is 0 Å². The first-order valence-electron chi connectivity index (χ1n) is 8.47. The Kier molecular flexibility index (Phi) is 4.72. The number of thiophene rings is 1. The summed E-state index contributed by atoms with van der Waals surface area (Å²) in [6.45, 7) is 4.45. The third-order valence-corrected chi connectivity index (χ3v) is 5.36. The molecule has 8 heteroatoms. The van der Waals surface area contributed by atoms with Gasteiger partial charge in [0.2, 0.25) is 0 Å². The molecule has 0 aliphatic carbocycles. The van der Waals surface area contributed by atoms with Crippen LogP contribution in [0.15, 0.2) is 47.2 Å². The van der Waals surface area contributed by atoms with Crippen molar-refractivity contribution in [3.05, 3.63) is 57.6 Å². The van der Waals surface area contributed by atoms with Crippen LogP contribution in [0.3, 0.4) is 0 Å². The molecule has 0 aliphatic rings. The number of amides is 1. The van der Waals surface area contributed by atoms with E-state index in [1.54, 1.807) is 29.3 Å². The highest BCUT2D eigenvalue weighted by molar-refractivity contribution is 7.16. The maximum Gasteiger partial charge on any atom is 0.252 e. The van der Waals surface area contributed by atoms with Gasteiger partial charge in [-0.25, -0.2) is 9.67 Å². The van der Waals surface area contributed by atoms with Crippen LogP contribution in [-0.4, -0.2) is 20.7 Å². The lowest BCUT2D eigenvalue weighted by atomic mass is 10.1. The normalized spacial score (nSPS) is 11.4. The molecule has 6 nitrogen and oxygen atoms in total. The van der Waals surface area contributed by atoms with Gasteiger partial charge in [-0.2, -0.15) is 5.10 Å². The van der Waals surface area contributed by atoms with Gasteiger partial charge in [-0.05, 0) is 44.2 Å². The summed E-state index contributed by atoms with van der Waals surface area (Å²) in [6.07, 6.45) is 3.27. The Morgan fingerprint density at radius 1 is 1.37 bits per heavy atom. The van der Waals surface area contributed by atoms with Gasteiger partial charge >= 0.3 is 0 Å². The molecule has 0 fully saturated rings. The van der Waals surface area contributed by atoms with Gasteiger partial charge in [0.15, 0.2) is 11.4 Å². The molecule has 138 valence electrons. The van der Waals surface area contributed by atoms with E-state index in [-0.39, 0.29) is 11.9 Å². The van der Waals surface area contributed by atoms with Crippen LogP contribution in [0.2, 0.25) is 4.34 Å². The fraction of sp³-hybridized carbons (Fsp3) is 0.211. The van der Waals surface area contributed by atoms with E-state index in [2.05, 4.69) is 15.4 Å². The minimum atomic E-state index is -0.192. The van der Waals surface area contributed by atoms with E-state index in [0.717, 1.165) is 4.88 Å². The maximum atomic E-state index is 12.9. The average molecular weight is 401 g/mol. The number of nitrogens with zero attached hydrogens (tertiary/aromatic N) is 3. The highest BCUT2D eigenvalue weighted by atomic mass is 35.5. The molecule has 4 aromatic rings. The van der Waals surface area contributed by atoms with Crippen molar-refractivity contribution in [2.75, 3.05) is 0 Å². The van der Waals surface area contributed by atoms with E-state index in [4.69, 9.17) is 16.0 Å². The van der Waals surface area contributed by atoms with Crippen molar-refractivity contribution in [3.63, 3.8) is 0 Å². The van der Waals surface area contributed by atoms with E-state index in [1.165, 1.54) is 11.3 Å². The molecule has 0 saturated heterocycles. The maximum absolute atomic E-state index is 12.9. The molecule has 0 bridgehead atoms. The second-order valence-electron chi connectivity index (χ2n) is 6.34. The molecule has 27 heavy (non-hydrogen) atoms. The van der Waals surface area contributed by atoms with Crippen molar-refractivity contribution < 1.29 is 9.21 Å². The zero-order valence-corrected chi connectivity index (χ0v) is 16.3. The number of hydrogen-bond acceptors (Lipinski definition) is 5. The monoisotopic (exact) mass is 400 g/mol. The van der Waals surface area contributed by atoms with Gasteiger partial charge in [-0.15, -0.1) is 11.3 Å². The van der Waals surface area contributed by atoms with Crippen LogP contribution in [0, 0.1) is 0 Å². The molecule has 0 aromatic carbocycles. The Hall–Kier alpha value is -2.64. The van der Waals surface area contributed by atoms with E-state index in [1.807, 2.05) is 32.0 Å². The molecule has 4 heterocycles. The molecular weight excluding hydrogens is 384 g/mol. The molecule has 0 saturated carbocycles. The number of furan rings is 1. The molecule has 4 aromatic heterocycles. The summed E-state index contributed by atoms with van der Waals surface area (Å²) >= 11 is 7.40. The van der Waals surface area contributed by atoms with Gasteiger partial charge in [0.25, 0.3) is 5.91 Å². The van der Waals surface area contributed by atoms with Crippen LogP contribution in [-0.2, 0) is 6.54 Å². The molecule has 1 N–H and O–H groups in total. The summed E-state index contributed by atoms with van der Waals surface area (Å²) in [5.74, 6) is 0.413. The number of carbonyl (C=O) groups excluding carboxylic acids is 1. The van der Waals surface area contributed by atoms with Crippen LogP contribution >= 0.6 is 22.9 Å². The lowest BCUT2D eigenvalue weighted by molar-refractivity contribution is 0.0953. The lowest BCUT2D eigenvalue weighted by Crippen LogP contribution is -2.22. The minimum absolute atomic E-state index is 0.117. The summed E-state index contributed by atoms with van der Waals surface area (Å²) in [5.41, 5.74) is 1.77. The van der Waals surface area contributed by atoms with Crippen molar-refractivity contribution in [2.45, 2.75) is 26.4 Å². The van der Waals surface area contributed by atoms with Crippen LogP contribution in [0.5, 0.6) is 0 Å². The Morgan fingerprint density at radius 3 is 2.89 bits per heavy atom. The van der Waals surface area contributed by atoms with Crippen molar-refractivity contribution in [3.8, 4) is 11.5 Å². The fourth-order valence-electron chi connectivity index (χ4n) is 2.84. The number of aromatic nitrogens is 3. The summed E-state index contributed by atoms with van der Waals surface area (Å²) in [6, 6.07) is 9.19. The largest absolute Gasteiger partial charge is 0.463 e. The number of halogens is 1. The Bertz CT molecular complexity index is 1100. The molecule has 0 aliphatic heterocycles. The number of carbonyl (C=O) groups is 1. The highest BCUT2D eigenvalue weighted by Gasteiger charge is 2.19. The molecule has 0 unspecified atom stereocenters. The minimum Gasteiger partial charge on any atom is -0.463 e. The molecular formula is C19H17ClN4O2S. The molecule has 0 radical (unpaired) electrons. The van der Waals surface area contributed by atoms with Crippen molar-refractivity contribution in [2.24, 2.45) is 0 Å². The van der Waals surface area contributed by atoms with E-state index < -0.39 is 0 Å². The first kappa shape index (κ1) is 17.8. The molecule has 1 amide bonds. The second kappa shape index (κ2) is 7.17. The van der Waals surface area contributed by atoms with Crippen molar-refractivity contribution in [1.82, 2.24) is 20.1 Å². The third-order valence-electron chi connectivity index (χ3n) is 4.13. The van der Waals surface area contributed by atoms with Crippen molar-refractivity contribution >= 4 is 39.9 Å². The topological polar surface area (TPSA) is 73.0 Å². The number of hydrogen-bond donors (Lipinski definition) is 1. The van der Waals surface area contributed by atoms with Gasteiger partial charge in [-0.3, -0.25) is 4.79 Å². The van der Waals surface area contributed by atoms with Crippen molar-refractivity contribution in [1.29, 1.82) is 0 Å². The zero-order valence-electron chi connectivity index (χ0n) is 14.8. The zero-order chi connectivity index (χ0) is 19.0. The predicted octanol–water partition coefficient (Wildman–Crippen LogP) is 4.92. The highest BCUT2D eigenvalue weighted by Crippen LogP contribution is 2.27. The van der Waals surface area contributed by atoms with Crippen LogP contribution in [0.25, 0.3) is 22.5 Å². The molecule has 0 spiro atoms. The quantitative estimate of drug-likeness (QED) is 0.516. The Labute approximate surface area is 164 Å². The van der Waals surface area contributed by atoms with Gasteiger partial charge in [0, 0.05) is 10.9 Å². The van der Waals surface area contributed by atoms with Gasteiger partial charge in [0.05, 0.1) is 34.3 Å².